The quantitative estimate of drug-likeness (QED) is 0.243. The third-order valence-corrected chi connectivity index (χ3v) is 8.85. The van der Waals surface area contributed by atoms with Crippen molar-refractivity contribution in [3.05, 3.63) is 66.1 Å². The van der Waals surface area contributed by atoms with E-state index in [0.29, 0.717) is 21.7 Å². The number of amides is 2. The average Bonchev–Trinajstić information content (AvgIpc) is 3.50. The van der Waals surface area contributed by atoms with Crippen molar-refractivity contribution in [3.8, 4) is 11.5 Å². The molecule has 4 rings (SSSR count). The fourth-order valence-corrected chi connectivity index (χ4v) is 6.39. The third-order valence-electron chi connectivity index (χ3n) is 7.14. The molecule has 0 atom stereocenters. The molecule has 16 heteroatoms. The Morgan fingerprint density at radius 2 is 1.63 bits per heavy atom. The highest BCUT2D eigenvalue weighted by Crippen LogP contribution is 2.27. The van der Waals surface area contributed by atoms with E-state index in [2.05, 4.69) is 10.2 Å². The van der Waals surface area contributed by atoms with Gasteiger partial charge in [-0.1, -0.05) is 30.3 Å². The zero-order chi connectivity index (χ0) is 33.6. The number of aromatic nitrogens is 2. The molecule has 1 aliphatic heterocycles. The van der Waals surface area contributed by atoms with Gasteiger partial charge in [0.05, 0.1) is 18.0 Å². The Balaban J connectivity index is 1.42. The molecule has 0 saturated carbocycles. The molecule has 0 aliphatic carbocycles. The van der Waals surface area contributed by atoms with Crippen molar-refractivity contribution in [3.63, 3.8) is 0 Å². The van der Waals surface area contributed by atoms with Crippen LogP contribution in [0.4, 0.5) is 28.0 Å². The summed E-state index contributed by atoms with van der Waals surface area (Å²) in [4.78, 5) is 27.2. The van der Waals surface area contributed by atoms with Crippen molar-refractivity contribution in [2.45, 2.75) is 64.7 Å². The number of carbonyl (C=O) groups excluding carboxylic acids is 2. The Bertz CT molecular complexity index is 1570. The number of anilines is 1. The molecule has 11 nitrogen and oxygen atoms in total. The summed E-state index contributed by atoms with van der Waals surface area (Å²) in [5, 5.41) is 6.94. The van der Waals surface area contributed by atoms with Crippen LogP contribution < -0.4 is 4.31 Å². The first-order valence-electron chi connectivity index (χ1n) is 14.5. The number of alkyl halides is 4. The molecule has 2 amide bonds. The van der Waals surface area contributed by atoms with Gasteiger partial charge in [-0.3, -0.25) is 9.10 Å². The second-order valence-electron chi connectivity index (χ2n) is 11.7. The van der Waals surface area contributed by atoms with E-state index in [-0.39, 0.29) is 50.7 Å². The maximum Gasteiger partial charge on any atom is 0.417 e. The van der Waals surface area contributed by atoms with E-state index in [1.54, 1.807) is 75.4 Å². The number of ether oxygens (including phenoxy) is 1. The van der Waals surface area contributed by atoms with Crippen LogP contribution in [-0.2, 0) is 26.1 Å². The van der Waals surface area contributed by atoms with Gasteiger partial charge in [-0.25, -0.2) is 18.1 Å². The van der Waals surface area contributed by atoms with Crippen LogP contribution in [0, 0.1) is 0 Å². The topological polar surface area (TPSA) is 126 Å². The van der Waals surface area contributed by atoms with Gasteiger partial charge in [0.25, 0.3) is 11.8 Å². The van der Waals surface area contributed by atoms with E-state index in [4.69, 9.17) is 9.15 Å². The van der Waals surface area contributed by atoms with Gasteiger partial charge in [-0.05, 0) is 63.4 Å². The Labute approximate surface area is 264 Å². The molecule has 3 aromatic rings. The summed E-state index contributed by atoms with van der Waals surface area (Å²) in [5.41, 5.74) is 0.439. The first-order chi connectivity index (χ1) is 21.6. The Hall–Kier alpha value is -4.05. The fourth-order valence-electron chi connectivity index (χ4n) is 4.89. The first kappa shape index (κ1) is 34.8. The molecular formula is C30H35F4N5O6S. The maximum atomic E-state index is 13.7. The van der Waals surface area contributed by atoms with Crippen LogP contribution >= 0.6 is 0 Å². The van der Waals surface area contributed by atoms with Gasteiger partial charge in [-0.2, -0.15) is 17.6 Å². The summed E-state index contributed by atoms with van der Waals surface area (Å²) in [5.74, 6) is -2.79. The SMILES string of the molecule is CC(C)(C)OC(=O)N(C(=O)C(F)F)C1CCN(CCS(=O)(=O)N(Cc2ccc(-c3nnc(C(F)F)o3)cc2)c2ccccc2)CC1. The zero-order valence-corrected chi connectivity index (χ0v) is 26.3. The molecule has 250 valence electrons. The van der Waals surface area contributed by atoms with E-state index >= 15 is 0 Å². The number of nitrogens with zero attached hydrogens (tertiary/aromatic N) is 5. The minimum Gasteiger partial charge on any atom is -0.443 e. The molecule has 1 aromatic heterocycles. The van der Waals surface area contributed by atoms with E-state index < -0.39 is 52.4 Å². The summed E-state index contributed by atoms with van der Waals surface area (Å²) in [7, 11) is -3.90. The van der Waals surface area contributed by atoms with Crippen LogP contribution in [0.2, 0.25) is 0 Å². The lowest BCUT2D eigenvalue weighted by atomic mass is 10.0. The smallest absolute Gasteiger partial charge is 0.417 e. The Morgan fingerprint density at radius 3 is 2.17 bits per heavy atom. The number of sulfonamides is 1. The van der Waals surface area contributed by atoms with Crippen LogP contribution in [0.5, 0.6) is 0 Å². The number of carbonyl (C=O) groups is 2. The van der Waals surface area contributed by atoms with Gasteiger partial charge < -0.3 is 14.1 Å². The van der Waals surface area contributed by atoms with Crippen LogP contribution in [0.15, 0.2) is 59.0 Å². The maximum absolute atomic E-state index is 13.7. The highest BCUT2D eigenvalue weighted by Gasteiger charge is 2.39. The van der Waals surface area contributed by atoms with Crippen molar-refractivity contribution in [1.29, 1.82) is 0 Å². The molecule has 0 unspecified atom stereocenters. The van der Waals surface area contributed by atoms with Crippen molar-refractivity contribution in [2.75, 3.05) is 29.7 Å². The van der Waals surface area contributed by atoms with Crippen molar-refractivity contribution in [2.24, 2.45) is 0 Å². The van der Waals surface area contributed by atoms with E-state index in [1.165, 1.54) is 4.31 Å². The summed E-state index contributed by atoms with van der Waals surface area (Å²) >= 11 is 0. The molecule has 46 heavy (non-hydrogen) atoms. The Morgan fingerprint density at radius 1 is 1.00 bits per heavy atom. The van der Waals surface area contributed by atoms with Crippen LogP contribution in [-0.4, -0.2) is 83.9 Å². The molecule has 1 saturated heterocycles. The second kappa shape index (κ2) is 14.6. The number of benzene rings is 2. The van der Waals surface area contributed by atoms with E-state index in [0.717, 1.165) is 0 Å². The molecular weight excluding hydrogens is 634 g/mol. The lowest BCUT2D eigenvalue weighted by Crippen LogP contribution is -2.53. The fraction of sp³-hybridized carbons (Fsp3) is 0.467. The predicted molar refractivity (Wildman–Crippen MR) is 160 cm³/mol. The third kappa shape index (κ3) is 9.02. The molecule has 1 fully saturated rings. The standard InChI is InChI=1S/C30H35F4N5O6S/c1-30(2,3)45-29(41)39(28(40)25(33)34)23-13-15-37(16-14-23)17-18-46(42,43)38(22-7-5-4-6-8-22)19-20-9-11-21(12-10-20)26-35-36-27(44-26)24(31)32/h4-12,23-25H,13-19H2,1-3H3. The van der Waals surface area contributed by atoms with Crippen molar-refractivity contribution in [1.82, 2.24) is 20.0 Å². The van der Waals surface area contributed by atoms with Gasteiger partial charge in [-0.15, -0.1) is 10.2 Å². The Kier molecular flexibility index (Phi) is 11.0. The van der Waals surface area contributed by atoms with Gasteiger partial charge in [0.15, 0.2) is 0 Å². The van der Waals surface area contributed by atoms with Crippen LogP contribution in [0.1, 0.15) is 51.5 Å². The normalized spacial score (nSPS) is 14.9. The van der Waals surface area contributed by atoms with Gasteiger partial charge >= 0.3 is 18.9 Å². The minimum absolute atomic E-state index is 0.0264. The lowest BCUT2D eigenvalue weighted by molar-refractivity contribution is -0.145. The molecule has 1 aliphatic rings. The highest BCUT2D eigenvalue weighted by molar-refractivity contribution is 7.92. The predicted octanol–water partition coefficient (Wildman–Crippen LogP) is 5.50. The summed E-state index contributed by atoms with van der Waals surface area (Å²) in [6.07, 6.45) is -7.08. The van der Waals surface area contributed by atoms with Crippen molar-refractivity contribution < 1.29 is 44.7 Å². The molecule has 0 bridgehead atoms. The highest BCUT2D eigenvalue weighted by atomic mass is 32.2. The van der Waals surface area contributed by atoms with E-state index in [1.807, 2.05) is 4.90 Å². The average molecular weight is 670 g/mol. The zero-order valence-electron chi connectivity index (χ0n) is 25.5. The summed E-state index contributed by atoms with van der Waals surface area (Å²) < 4.78 is 91.1. The monoisotopic (exact) mass is 669 g/mol. The molecule has 0 radical (unpaired) electrons. The van der Waals surface area contributed by atoms with Gasteiger partial charge in [0, 0.05) is 31.2 Å². The van der Waals surface area contributed by atoms with Crippen LogP contribution in [0.3, 0.4) is 0 Å². The number of para-hydroxylation sites is 1. The van der Waals surface area contributed by atoms with Gasteiger partial charge in [0.2, 0.25) is 15.9 Å². The van der Waals surface area contributed by atoms with Crippen molar-refractivity contribution >= 4 is 27.7 Å². The van der Waals surface area contributed by atoms with Gasteiger partial charge in [0.1, 0.15) is 5.60 Å². The number of hydrogen-bond acceptors (Lipinski definition) is 9. The van der Waals surface area contributed by atoms with E-state index in [9.17, 15) is 35.6 Å². The lowest BCUT2D eigenvalue weighted by Gasteiger charge is -2.38. The van der Waals surface area contributed by atoms with Crippen LogP contribution in [0.25, 0.3) is 11.5 Å². The summed E-state index contributed by atoms with van der Waals surface area (Å²) in [6, 6.07) is 14.1. The largest absolute Gasteiger partial charge is 0.443 e. The number of likely N-dealkylation sites (tertiary alicyclic amines) is 1. The molecule has 2 heterocycles. The number of halogens is 4. The molecule has 0 N–H and O–H groups in total. The number of hydrogen-bond donors (Lipinski definition) is 0. The summed E-state index contributed by atoms with van der Waals surface area (Å²) in [6.45, 7) is 5.33. The first-order valence-corrected chi connectivity index (χ1v) is 16.1. The number of piperidine rings is 1. The minimum atomic E-state index is -3.90. The molecule has 2 aromatic carbocycles. The second-order valence-corrected chi connectivity index (χ2v) is 13.7. The number of imide groups is 1. The number of rotatable bonds is 11. The molecule has 0 spiro atoms.